The van der Waals surface area contributed by atoms with Crippen LogP contribution in [-0.2, 0) is 20.7 Å². The zero-order chi connectivity index (χ0) is 19.1. The number of para-hydroxylation sites is 1. The van der Waals surface area contributed by atoms with Gasteiger partial charge in [0.1, 0.15) is 0 Å². The lowest BCUT2D eigenvalue weighted by Gasteiger charge is -2.33. The normalized spacial score (nSPS) is 20.0. The van der Waals surface area contributed by atoms with E-state index >= 15 is 0 Å². The van der Waals surface area contributed by atoms with Gasteiger partial charge in [0, 0.05) is 44.4 Å². The number of anilines is 1. The fourth-order valence-electron chi connectivity index (χ4n) is 3.34. The van der Waals surface area contributed by atoms with Crippen LogP contribution in [0.1, 0.15) is 18.9 Å². The van der Waals surface area contributed by atoms with Crippen LogP contribution in [0.25, 0.3) is 0 Å². The third kappa shape index (κ3) is 5.56. The maximum absolute atomic E-state index is 12.3. The highest BCUT2D eigenvalue weighted by atomic mass is 16.5. The Bertz CT molecular complexity index is 724. The maximum Gasteiger partial charge on any atom is 0.298 e. The average Bonchev–Trinajstić information content (AvgIpc) is 3.20. The number of ether oxygens (including phenoxy) is 1. The van der Waals surface area contributed by atoms with E-state index in [-0.39, 0.29) is 17.7 Å². The van der Waals surface area contributed by atoms with E-state index in [0.29, 0.717) is 39.3 Å². The lowest BCUT2D eigenvalue weighted by molar-refractivity contribution is -0.127. The highest BCUT2D eigenvalue weighted by molar-refractivity contribution is 5.94. The first kappa shape index (κ1) is 19.4. The van der Waals surface area contributed by atoms with Gasteiger partial charge in [0.25, 0.3) is 5.91 Å². The molecule has 2 heterocycles. The third-order valence-electron chi connectivity index (χ3n) is 5.01. The topological polar surface area (TPSA) is 61.9 Å². The van der Waals surface area contributed by atoms with Crippen LogP contribution in [-0.4, -0.2) is 67.6 Å². The van der Waals surface area contributed by atoms with Gasteiger partial charge < -0.3 is 15.0 Å². The van der Waals surface area contributed by atoms with E-state index in [2.05, 4.69) is 29.0 Å². The summed E-state index contributed by atoms with van der Waals surface area (Å²) in [5, 5.41) is 3.00. The molecule has 2 aliphatic rings. The van der Waals surface area contributed by atoms with E-state index in [1.807, 2.05) is 24.3 Å². The van der Waals surface area contributed by atoms with Crippen molar-refractivity contribution in [3.05, 3.63) is 29.8 Å². The number of aryl methyl sites for hydroxylation is 1. The number of piperazine rings is 1. The number of amides is 2. The lowest BCUT2D eigenvalue weighted by atomic mass is 10.1. The number of nitrogens with zero attached hydrogens (tertiary/aromatic N) is 2. The highest BCUT2D eigenvalue weighted by Gasteiger charge is 2.22. The monoisotopic (exact) mass is 369 g/mol. The van der Waals surface area contributed by atoms with Crippen molar-refractivity contribution in [2.24, 2.45) is 5.92 Å². The molecule has 1 N–H and O–H groups in total. The van der Waals surface area contributed by atoms with Crippen molar-refractivity contribution < 1.29 is 14.3 Å². The van der Waals surface area contributed by atoms with E-state index in [4.69, 9.17) is 4.74 Å². The minimum absolute atomic E-state index is 0.0169. The Morgan fingerprint density at radius 2 is 2.00 bits per heavy atom. The predicted molar refractivity (Wildman–Crippen MR) is 104 cm³/mol. The minimum atomic E-state index is -0.122. The Morgan fingerprint density at radius 3 is 2.70 bits per heavy atom. The molecule has 0 saturated carbocycles. The van der Waals surface area contributed by atoms with Gasteiger partial charge in [-0.05, 0) is 30.4 Å². The molecule has 3 rings (SSSR count). The van der Waals surface area contributed by atoms with Crippen LogP contribution in [0, 0.1) is 17.8 Å². The van der Waals surface area contributed by atoms with Crippen molar-refractivity contribution >= 4 is 17.5 Å². The van der Waals surface area contributed by atoms with E-state index < -0.39 is 0 Å². The van der Waals surface area contributed by atoms with Crippen LogP contribution < -0.4 is 5.32 Å². The molecule has 27 heavy (non-hydrogen) atoms. The molecule has 144 valence electrons. The molecule has 1 aromatic rings. The smallest absolute Gasteiger partial charge is 0.298 e. The highest BCUT2D eigenvalue weighted by Crippen LogP contribution is 2.15. The summed E-state index contributed by atoms with van der Waals surface area (Å²) in [6, 6.07) is 7.87. The van der Waals surface area contributed by atoms with Crippen LogP contribution in [0.15, 0.2) is 24.3 Å². The van der Waals surface area contributed by atoms with Gasteiger partial charge in [0.05, 0.1) is 13.2 Å². The molecule has 0 aliphatic carbocycles. The summed E-state index contributed by atoms with van der Waals surface area (Å²) < 4.78 is 5.27. The van der Waals surface area contributed by atoms with Crippen LogP contribution in [0.2, 0.25) is 0 Å². The fraction of sp³-hybridized carbons (Fsp3) is 0.524. The van der Waals surface area contributed by atoms with Gasteiger partial charge in [0.15, 0.2) is 0 Å². The van der Waals surface area contributed by atoms with Crippen LogP contribution >= 0.6 is 0 Å². The third-order valence-corrected chi connectivity index (χ3v) is 5.01. The number of hydrogen-bond donors (Lipinski definition) is 1. The number of carbonyl (C=O) groups excluding carboxylic acids is 2. The van der Waals surface area contributed by atoms with Crippen molar-refractivity contribution in [1.82, 2.24) is 9.80 Å². The summed E-state index contributed by atoms with van der Waals surface area (Å²) >= 11 is 0. The molecule has 0 aromatic heterocycles. The number of benzene rings is 1. The van der Waals surface area contributed by atoms with Crippen molar-refractivity contribution in [2.45, 2.75) is 19.8 Å². The Morgan fingerprint density at radius 1 is 1.22 bits per heavy atom. The van der Waals surface area contributed by atoms with Crippen LogP contribution in [0.5, 0.6) is 0 Å². The Hall–Kier alpha value is -2.36. The summed E-state index contributed by atoms with van der Waals surface area (Å²) in [6.45, 7) is 6.35. The Labute approximate surface area is 160 Å². The van der Waals surface area contributed by atoms with E-state index in [1.54, 1.807) is 4.90 Å². The van der Waals surface area contributed by atoms with Gasteiger partial charge in [-0.15, -0.1) is 0 Å². The zero-order valence-electron chi connectivity index (χ0n) is 15.9. The van der Waals surface area contributed by atoms with Crippen molar-refractivity contribution in [1.29, 1.82) is 0 Å². The lowest BCUT2D eigenvalue weighted by Crippen LogP contribution is -2.50. The number of carbonyl (C=O) groups is 2. The standard InChI is InChI=1S/C21H27N3O3/c1-2-18-5-3-4-6-19(18)22-20(25)15-23-10-12-24(13-11-23)21(26)8-7-17-9-14-27-16-17/h3-6,17H,2,9-16H2,1H3,(H,22,25). The van der Waals surface area contributed by atoms with Crippen molar-refractivity contribution in [3.63, 3.8) is 0 Å². The largest absolute Gasteiger partial charge is 0.380 e. The Balaban J connectivity index is 1.43. The van der Waals surface area contributed by atoms with E-state index in [9.17, 15) is 9.59 Å². The quantitative estimate of drug-likeness (QED) is 0.815. The fourth-order valence-corrected chi connectivity index (χ4v) is 3.34. The molecular weight excluding hydrogens is 342 g/mol. The summed E-state index contributed by atoms with van der Waals surface area (Å²) in [5.41, 5.74) is 2.01. The van der Waals surface area contributed by atoms with Crippen molar-refractivity contribution in [2.75, 3.05) is 51.3 Å². The van der Waals surface area contributed by atoms with E-state index in [0.717, 1.165) is 30.7 Å². The van der Waals surface area contributed by atoms with Crippen LogP contribution in [0.3, 0.4) is 0 Å². The maximum atomic E-state index is 12.3. The van der Waals surface area contributed by atoms with Gasteiger partial charge in [-0.1, -0.05) is 31.0 Å². The number of nitrogens with one attached hydrogen (secondary N) is 1. The second-order valence-corrected chi connectivity index (χ2v) is 6.96. The molecule has 6 nitrogen and oxygen atoms in total. The Kier molecular flexibility index (Phi) is 6.86. The van der Waals surface area contributed by atoms with Gasteiger partial charge in [0.2, 0.25) is 5.91 Å². The van der Waals surface area contributed by atoms with Gasteiger partial charge in [-0.3, -0.25) is 14.5 Å². The molecule has 0 spiro atoms. The number of hydrogen-bond acceptors (Lipinski definition) is 4. The SMILES string of the molecule is CCc1ccccc1NC(=O)CN1CCN(C(=O)C#CC2CCOC2)CC1. The number of rotatable bonds is 4. The summed E-state index contributed by atoms with van der Waals surface area (Å²) in [6.07, 6.45) is 1.79. The van der Waals surface area contributed by atoms with Crippen LogP contribution in [0.4, 0.5) is 5.69 Å². The van der Waals surface area contributed by atoms with Gasteiger partial charge >= 0.3 is 0 Å². The average molecular weight is 369 g/mol. The summed E-state index contributed by atoms with van der Waals surface area (Å²) in [4.78, 5) is 28.4. The minimum Gasteiger partial charge on any atom is -0.380 e. The molecule has 2 saturated heterocycles. The molecule has 0 bridgehead atoms. The molecular formula is C21H27N3O3. The second kappa shape index (κ2) is 9.54. The first-order valence-corrected chi connectivity index (χ1v) is 9.64. The molecule has 1 aromatic carbocycles. The van der Waals surface area contributed by atoms with Gasteiger partial charge in [-0.2, -0.15) is 0 Å². The molecule has 2 amide bonds. The summed E-state index contributed by atoms with van der Waals surface area (Å²) in [5.74, 6) is 5.82. The second-order valence-electron chi connectivity index (χ2n) is 6.96. The first-order chi connectivity index (χ1) is 13.2. The molecule has 1 unspecified atom stereocenters. The summed E-state index contributed by atoms with van der Waals surface area (Å²) in [7, 11) is 0. The van der Waals surface area contributed by atoms with Crippen molar-refractivity contribution in [3.8, 4) is 11.8 Å². The zero-order valence-corrected chi connectivity index (χ0v) is 15.9. The van der Waals surface area contributed by atoms with E-state index in [1.165, 1.54) is 0 Å². The molecule has 2 aliphatic heterocycles. The molecule has 2 fully saturated rings. The van der Waals surface area contributed by atoms with Gasteiger partial charge in [-0.25, -0.2) is 0 Å². The predicted octanol–water partition coefficient (Wildman–Crippen LogP) is 1.37. The molecule has 0 radical (unpaired) electrons. The molecule has 1 atom stereocenters. The first-order valence-electron chi connectivity index (χ1n) is 9.64. The molecule has 6 heteroatoms.